The van der Waals surface area contributed by atoms with Gasteiger partial charge in [0.15, 0.2) is 0 Å². The van der Waals surface area contributed by atoms with E-state index in [0.717, 1.165) is 22.9 Å². The standard InChI is InChI=1S/C20H19N5O3S2/c1-13-5-7-14(8-6-13)19-21-22-20(28-19)15-9-11-25(12-10-15)30(26,27)17-4-2-3-16-18(17)24-29-23-16/h2-8,15H,9-12H2,1H3. The number of sulfonamides is 1. The molecule has 1 aliphatic heterocycles. The number of rotatable bonds is 4. The Morgan fingerprint density at radius 3 is 2.57 bits per heavy atom. The van der Waals surface area contributed by atoms with Crippen LogP contribution in [0, 0.1) is 6.92 Å². The molecule has 0 saturated carbocycles. The lowest BCUT2D eigenvalue weighted by Gasteiger charge is -2.29. The summed E-state index contributed by atoms with van der Waals surface area (Å²) in [6, 6.07) is 13.0. The van der Waals surface area contributed by atoms with Gasteiger partial charge in [0.25, 0.3) is 0 Å². The van der Waals surface area contributed by atoms with Gasteiger partial charge in [-0.3, -0.25) is 0 Å². The average molecular weight is 442 g/mol. The topological polar surface area (TPSA) is 102 Å². The summed E-state index contributed by atoms with van der Waals surface area (Å²) in [6.45, 7) is 2.81. The minimum atomic E-state index is -3.64. The average Bonchev–Trinajstić information content (AvgIpc) is 3.44. The van der Waals surface area contributed by atoms with Gasteiger partial charge in [-0.15, -0.1) is 10.2 Å². The summed E-state index contributed by atoms with van der Waals surface area (Å²) in [7, 11) is -3.64. The fourth-order valence-electron chi connectivity index (χ4n) is 3.68. The lowest BCUT2D eigenvalue weighted by atomic mass is 9.98. The zero-order valence-corrected chi connectivity index (χ0v) is 17.9. The van der Waals surface area contributed by atoms with Crippen LogP contribution in [-0.2, 0) is 10.0 Å². The molecule has 2 aromatic heterocycles. The molecule has 30 heavy (non-hydrogen) atoms. The molecule has 0 aliphatic carbocycles. The molecular weight excluding hydrogens is 422 g/mol. The molecule has 3 heterocycles. The van der Waals surface area contributed by atoms with E-state index in [1.54, 1.807) is 18.2 Å². The van der Waals surface area contributed by atoms with Crippen molar-refractivity contribution in [2.75, 3.05) is 13.1 Å². The molecule has 0 radical (unpaired) electrons. The fourth-order valence-corrected chi connectivity index (χ4v) is 5.91. The number of hydrogen-bond donors (Lipinski definition) is 0. The van der Waals surface area contributed by atoms with Gasteiger partial charge < -0.3 is 4.42 Å². The van der Waals surface area contributed by atoms with Crippen LogP contribution in [0.25, 0.3) is 22.5 Å². The highest BCUT2D eigenvalue weighted by Gasteiger charge is 2.33. The van der Waals surface area contributed by atoms with Crippen LogP contribution in [0.3, 0.4) is 0 Å². The van der Waals surface area contributed by atoms with Gasteiger partial charge in [0.2, 0.25) is 21.8 Å². The second-order valence-corrected chi connectivity index (χ2v) is 9.81. The van der Waals surface area contributed by atoms with E-state index in [0.29, 0.717) is 48.7 Å². The third kappa shape index (κ3) is 3.40. The van der Waals surface area contributed by atoms with Gasteiger partial charge >= 0.3 is 0 Å². The maximum absolute atomic E-state index is 13.2. The van der Waals surface area contributed by atoms with Crippen LogP contribution >= 0.6 is 11.7 Å². The van der Waals surface area contributed by atoms with Crippen molar-refractivity contribution in [2.24, 2.45) is 0 Å². The number of fused-ring (bicyclic) bond motifs is 1. The summed E-state index contributed by atoms with van der Waals surface area (Å²) < 4.78 is 42.1. The van der Waals surface area contributed by atoms with E-state index in [2.05, 4.69) is 18.9 Å². The third-order valence-corrected chi connectivity index (χ3v) is 7.88. The first kappa shape index (κ1) is 19.3. The van der Waals surface area contributed by atoms with Gasteiger partial charge in [0, 0.05) is 24.6 Å². The Labute approximate surface area is 177 Å². The van der Waals surface area contributed by atoms with Crippen LogP contribution in [0.4, 0.5) is 0 Å². The van der Waals surface area contributed by atoms with Gasteiger partial charge in [-0.05, 0) is 44.0 Å². The SMILES string of the molecule is Cc1ccc(-c2nnc(C3CCN(S(=O)(=O)c4cccc5nsnc45)CC3)o2)cc1. The van der Waals surface area contributed by atoms with Gasteiger partial charge in [0.1, 0.15) is 15.9 Å². The first-order valence-corrected chi connectivity index (χ1v) is 11.8. The molecule has 1 aliphatic rings. The molecule has 154 valence electrons. The highest BCUT2D eigenvalue weighted by Crippen LogP contribution is 2.33. The van der Waals surface area contributed by atoms with Crippen molar-refractivity contribution in [1.82, 2.24) is 23.2 Å². The first-order chi connectivity index (χ1) is 14.5. The third-order valence-electron chi connectivity index (χ3n) is 5.41. The largest absolute Gasteiger partial charge is 0.420 e. The molecule has 8 nitrogen and oxygen atoms in total. The lowest BCUT2D eigenvalue weighted by molar-refractivity contribution is 0.291. The highest BCUT2D eigenvalue weighted by atomic mass is 32.2. The molecule has 1 saturated heterocycles. The molecule has 0 unspecified atom stereocenters. The summed E-state index contributed by atoms with van der Waals surface area (Å²) in [5.41, 5.74) is 3.08. The highest BCUT2D eigenvalue weighted by molar-refractivity contribution is 7.89. The maximum atomic E-state index is 13.2. The normalized spacial score (nSPS) is 16.3. The van der Waals surface area contributed by atoms with E-state index < -0.39 is 10.0 Å². The monoisotopic (exact) mass is 441 g/mol. The van der Waals surface area contributed by atoms with Crippen molar-refractivity contribution < 1.29 is 12.8 Å². The predicted molar refractivity (Wildman–Crippen MR) is 113 cm³/mol. The van der Waals surface area contributed by atoms with Crippen molar-refractivity contribution in [1.29, 1.82) is 0 Å². The van der Waals surface area contributed by atoms with Crippen LogP contribution in [0.1, 0.15) is 30.2 Å². The molecule has 2 aromatic carbocycles. The Kier molecular flexibility index (Phi) is 4.84. The first-order valence-electron chi connectivity index (χ1n) is 9.64. The molecule has 0 bridgehead atoms. The number of aromatic nitrogens is 4. The van der Waals surface area contributed by atoms with E-state index in [1.165, 1.54) is 4.31 Å². The molecule has 4 aromatic rings. The van der Waals surface area contributed by atoms with Gasteiger partial charge in [-0.2, -0.15) is 13.1 Å². The molecule has 10 heteroatoms. The van der Waals surface area contributed by atoms with Gasteiger partial charge in [-0.1, -0.05) is 23.8 Å². The molecule has 0 atom stereocenters. The van der Waals surface area contributed by atoms with E-state index in [4.69, 9.17) is 4.42 Å². The van der Waals surface area contributed by atoms with Crippen molar-refractivity contribution in [2.45, 2.75) is 30.6 Å². The zero-order chi connectivity index (χ0) is 20.7. The van der Waals surface area contributed by atoms with Crippen molar-refractivity contribution in [3.05, 3.63) is 53.9 Å². The summed E-state index contributed by atoms with van der Waals surface area (Å²) in [4.78, 5) is 0.214. The Morgan fingerprint density at radius 2 is 1.80 bits per heavy atom. The Bertz CT molecular complexity index is 1290. The summed E-state index contributed by atoms with van der Waals surface area (Å²) >= 11 is 1.02. The number of aryl methyl sites for hydroxylation is 1. The summed E-state index contributed by atoms with van der Waals surface area (Å²) in [6.07, 6.45) is 1.25. The van der Waals surface area contributed by atoms with Crippen LogP contribution in [0.5, 0.6) is 0 Å². The van der Waals surface area contributed by atoms with Crippen molar-refractivity contribution in [3.8, 4) is 11.5 Å². The zero-order valence-electron chi connectivity index (χ0n) is 16.2. The quantitative estimate of drug-likeness (QED) is 0.477. The van der Waals surface area contributed by atoms with E-state index >= 15 is 0 Å². The summed E-state index contributed by atoms with van der Waals surface area (Å²) in [5, 5.41) is 8.39. The lowest BCUT2D eigenvalue weighted by Crippen LogP contribution is -2.38. The Morgan fingerprint density at radius 1 is 1.03 bits per heavy atom. The fraction of sp³-hybridized carbons (Fsp3) is 0.300. The van der Waals surface area contributed by atoms with Crippen molar-refractivity contribution in [3.63, 3.8) is 0 Å². The number of nitrogens with zero attached hydrogens (tertiary/aromatic N) is 5. The minimum absolute atomic E-state index is 0.0416. The smallest absolute Gasteiger partial charge is 0.247 e. The molecule has 1 fully saturated rings. The Balaban J connectivity index is 1.32. The predicted octanol–water partition coefficient (Wildman–Crippen LogP) is 3.62. The van der Waals surface area contributed by atoms with E-state index in [9.17, 15) is 8.42 Å². The van der Waals surface area contributed by atoms with Crippen LogP contribution in [0.15, 0.2) is 51.8 Å². The van der Waals surface area contributed by atoms with Crippen LogP contribution in [-0.4, -0.2) is 44.8 Å². The number of piperidine rings is 1. The van der Waals surface area contributed by atoms with Gasteiger partial charge in [-0.25, -0.2) is 8.42 Å². The second-order valence-electron chi connectivity index (χ2n) is 7.38. The van der Waals surface area contributed by atoms with E-state index in [-0.39, 0.29) is 10.8 Å². The maximum Gasteiger partial charge on any atom is 0.247 e. The molecule has 0 N–H and O–H groups in total. The number of benzene rings is 2. The molecule has 0 spiro atoms. The van der Waals surface area contributed by atoms with Crippen LogP contribution in [0.2, 0.25) is 0 Å². The van der Waals surface area contributed by atoms with Gasteiger partial charge in [0.05, 0.1) is 11.7 Å². The molecular formula is C20H19N5O3S2. The van der Waals surface area contributed by atoms with Crippen molar-refractivity contribution >= 4 is 32.8 Å². The minimum Gasteiger partial charge on any atom is -0.420 e. The van der Waals surface area contributed by atoms with E-state index in [1.807, 2.05) is 31.2 Å². The number of hydrogen-bond acceptors (Lipinski definition) is 8. The molecule has 5 rings (SSSR count). The molecule has 0 amide bonds. The van der Waals surface area contributed by atoms with Crippen LogP contribution < -0.4 is 0 Å². The summed E-state index contributed by atoms with van der Waals surface area (Å²) in [5.74, 6) is 1.09. The second kappa shape index (κ2) is 7.53. The Hall–Kier alpha value is -2.69.